The second-order valence-electron chi connectivity index (χ2n) is 4.11. The van der Waals surface area contributed by atoms with Gasteiger partial charge in [-0.2, -0.15) is 0 Å². The summed E-state index contributed by atoms with van der Waals surface area (Å²) in [5, 5.41) is 8.45. The molecule has 0 aromatic carbocycles. The van der Waals surface area contributed by atoms with Crippen LogP contribution in [0.25, 0.3) is 0 Å². The second kappa shape index (κ2) is 12.9. The lowest BCUT2D eigenvalue weighted by atomic mass is 10.3. The van der Waals surface area contributed by atoms with Gasteiger partial charge in [0.25, 0.3) is 0 Å². The van der Waals surface area contributed by atoms with Gasteiger partial charge in [0.05, 0.1) is 13.2 Å². The lowest BCUT2D eigenvalue weighted by Gasteiger charge is -2.10. The maximum absolute atomic E-state index is 11.2. The number of esters is 1. The Morgan fingerprint density at radius 1 is 1.38 bits per heavy atom. The van der Waals surface area contributed by atoms with E-state index in [0.29, 0.717) is 26.1 Å². The van der Waals surface area contributed by atoms with E-state index in [9.17, 15) is 4.79 Å². The minimum Gasteiger partial charge on any atom is -0.466 e. The van der Waals surface area contributed by atoms with Crippen molar-refractivity contribution >= 4 is 47.2 Å². The molecule has 5 nitrogen and oxygen atoms in total. The van der Waals surface area contributed by atoms with Gasteiger partial charge in [-0.25, -0.2) is 4.99 Å². The van der Waals surface area contributed by atoms with E-state index in [-0.39, 0.29) is 29.9 Å². The van der Waals surface area contributed by atoms with Crippen LogP contribution in [0.15, 0.2) is 22.5 Å². The van der Waals surface area contributed by atoms with E-state index in [2.05, 4.69) is 21.7 Å². The predicted molar refractivity (Wildman–Crippen MR) is 98.4 cm³/mol. The largest absolute Gasteiger partial charge is 0.466 e. The molecule has 0 radical (unpaired) electrons. The van der Waals surface area contributed by atoms with Gasteiger partial charge in [-0.1, -0.05) is 6.07 Å². The van der Waals surface area contributed by atoms with E-state index in [1.165, 1.54) is 4.88 Å². The van der Waals surface area contributed by atoms with Gasteiger partial charge in [-0.15, -0.1) is 35.3 Å². The van der Waals surface area contributed by atoms with Crippen molar-refractivity contribution in [2.75, 3.05) is 19.7 Å². The van der Waals surface area contributed by atoms with Crippen molar-refractivity contribution in [1.29, 1.82) is 0 Å². The van der Waals surface area contributed by atoms with Gasteiger partial charge >= 0.3 is 5.97 Å². The van der Waals surface area contributed by atoms with Crippen LogP contribution in [0.4, 0.5) is 0 Å². The predicted octanol–water partition coefficient (Wildman–Crippen LogP) is 2.76. The van der Waals surface area contributed by atoms with Gasteiger partial charge in [0.15, 0.2) is 5.96 Å². The van der Waals surface area contributed by atoms with Gasteiger partial charge in [-0.05, 0) is 31.7 Å². The van der Waals surface area contributed by atoms with Gasteiger partial charge < -0.3 is 15.4 Å². The number of guanidine groups is 1. The summed E-state index contributed by atoms with van der Waals surface area (Å²) in [5.74, 6) is 0.639. The first-order valence-corrected chi connectivity index (χ1v) is 7.84. The maximum Gasteiger partial charge on any atom is 0.305 e. The molecule has 1 rings (SSSR count). The third-order valence-corrected chi connectivity index (χ3v) is 3.33. The fourth-order valence-electron chi connectivity index (χ4n) is 1.57. The molecule has 0 spiro atoms. The van der Waals surface area contributed by atoms with Gasteiger partial charge in [-0.3, -0.25) is 4.79 Å². The number of nitrogens with one attached hydrogen (secondary N) is 2. The van der Waals surface area contributed by atoms with Crippen LogP contribution >= 0.6 is 35.3 Å². The molecule has 7 heteroatoms. The smallest absolute Gasteiger partial charge is 0.305 e. The van der Waals surface area contributed by atoms with Gasteiger partial charge in [0.1, 0.15) is 0 Å². The minimum absolute atomic E-state index is 0. The first-order chi connectivity index (χ1) is 9.76. The van der Waals surface area contributed by atoms with Crippen LogP contribution in [0.5, 0.6) is 0 Å². The lowest BCUT2D eigenvalue weighted by molar-refractivity contribution is -0.143. The summed E-state index contributed by atoms with van der Waals surface area (Å²) in [7, 11) is 0. The first kappa shape index (κ1) is 20.2. The molecule has 1 heterocycles. The molecule has 0 atom stereocenters. The van der Waals surface area contributed by atoms with E-state index in [4.69, 9.17) is 4.74 Å². The number of ether oxygens (including phenoxy) is 1. The van der Waals surface area contributed by atoms with Crippen LogP contribution in [-0.4, -0.2) is 31.6 Å². The zero-order chi connectivity index (χ0) is 14.6. The number of carbonyl (C=O) groups excluding carboxylic acids is 1. The van der Waals surface area contributed by atoms with Gasteiger partial charge in [0, 0.05) is 24.4 Å². The first-order valence-electron chi connectivity index (χ1n) is 6.96. The highest BCUT2D eigenvalue weighted by molar-refractivity contribution is 14.0. The molecule has 0 aliphatic heterocycles. The summed E-state index contributed by atoms with van der Waals surface area (Å²) in [5.41, 5.74) is 0. The molecule has 0 amide bonds. The molecule has 21 heavy (non-hydrogen) atoms. The van der Waals surface area contributed by atoms with E-state index in [1.54, 1.807) is 11.3 Å². The van der Waals surface area contributed by atoms with Crippen molar-refractivity contribution in [1.82, 2.24) is 10.6 Å². The molecule has 1 aromatic heterocycles. The van der Waals surface area contributed by atoms with Crippen LogP contribution in [0.2, 0.25) is 0 Å². The van der Waals surface area contributed by atoms with E-state index < -0.39 is 0 Å². The quantitative estimate of drug-likeness (QED) is 0.221. The Labute approximate surface area is 147 Å². The van der Waals surface area contributed by atoms with Crippen LogP contribution in [0.1, 0.15) is 31.6 Å². The maximum atomic E-state index is 11.2. The number of halogens is 1. The highest BCUT2D eigenvalue weighted by Gasteiger charge is 2.02. The molecule has 0 aliphatic rings. The number of rotatable bonds is 8. The van der Waals surface area contributed by atoms with Crippen LogP contribution in [-0.2, 0) is 16.1 Å². The van der Waals surface area contributed by atoms with E-state index in [1.807, 2.05) is 25.3 Å². The molecule has 0 saturated heterocycles. The fourth-order valence-corrected chi connectivity index (χ4v) is 2.20. The standard InChI is InChI=1S/C14H23N3O2S.HI/c1-3-15-14(17-11-12-7-6-10-20-12)16-9-5-8-13(18)19-4-2;/h6-7,10H,3-5,8-9,11H2,1-2H3,(H2,15,16,17);1H. The average Bonchev–Trinajstić information content (AvgIpc) is 2.94. The van der Waals surface area contributed by atoms with Crippen LogP contribution in [0, 0.1) is 0 Å². The molecule has 1 aromatic rings. The summed E-state index contributed by atoms with van der Waals surface area (Å²) < 4.78 is 4.88. The number of aliphatic imine (C=N–C) groups is 1. The highest BCUT2D eigenvalue weighted by atomic mass is 127. The monoisotopic (exact) mass is 425 g/mol. The van der Waals surface area contributed by atoms with Crippen molar-refractivity contribution in [2.24, 2.45) is 4.99 Å². The molecular weight excluding hydrogens is 401 g/mol. The molecule has 0 fully saturated rings. The molecule has 2 N–H and O–H groups in total. The Kier molecular flexibility index (Phi) is 12.4. The number of hydrogen-bond acceptors (Lipinski definition) is 4. The molecule has 0 bridgehead atoms. The minimum atomic E-state index is -0.144. The molecule has 120 valence electrons. The highest BCUT2D eigenvalue weighted by Crippen LogP contribution is 2.09. The van der Waals surface area contributed by atoms with Crippen molar-refractivity contribution in [3.8, 4) is 0 Å². The number of nitrogens with zero attached hydrogens (tertiary/aromatic N) is 1. The SMILES string of the molecule is CCNC(=NCc1cccs1)NCCCC(=O)OCC.I. The van der Waals surface area contributed by atoms with Crippen molar-refractivity contribution in [3.05, 3.63) is 22.4 Å². The molecule has 0 aliphatic carbocycles. The normalized spacial score (nSPS) is 10.7. The van der Waals surface area contributed by atoms with Crippen molar-refractivity contribution in [2.45, 2.75) is 33.2 Å². The second-order valence-corrected chi connectivity index (χ2v) is 5.14. The topological polar surface area (TPSA) is 62.7 Å². The zero-order valence-corrected chi connectivity index (χ0v) is 15.7. The Hall–Kier alpha value is -0.830. The number of hydrogen-bond donors (Lipinski definition) is 2. The van der Waals surface area contributed by atoms with Crippen molar-refractivity contribution < 1.29 is 9.53 Å². The number of carbonyl (C=O) groups is 1. The zero-order valence-electron chi connectivity index (χ0n) is 12.6. The van der Waals surface area contributed by atoms with Crippen LogP contribution in [0.3, 0.4) is 0 Å². The summed E-state index contributed by atoms with van der Waals surface area (Å²) >= 11 is 1.70. The third-order valence-electron chi connectivity index (χ3n) is 2.47. The average molecular weight is 425 g/mol. The lowest BCUT2D eigenvalue weighted by Crippen LogP contribution is -2.37. The third kappa shape index (κ3) is 9.67. The molecular formula is C14H24IN3O2S. The Morgan fingerprint density at radius 2 is 2.19 bits per heavy atom. The Bertz CT molecular complexity index is 410. The Balaban J connectivity index is 0.00000400. The van der Waals surface area contributed by atoms with Crippen LogP contribution < -0.4 is 10.6 Å². The molecule has 0 saturated carbocycles. The summed E-state index contributed by atoms with van der Waals surface area (Å²) in [6, 6.07) is 4.09. The summed E-state index contributed by atoms with van der Waals surface area (Å²) in [4.78, 5) is 16.9. The Morgan fingerprint density at radius 3 is 2.81 bits per heavy atom. The summed E-state index contributed by atoms with van der Waals surface area (Å²) in [6.07, 6.45) is 1.17. The van der Waals surface area contributed by atoms with Gasteiger partial charge in [0.2, 0.25) is 0 Å². The summed E-state index contributed by atoms with van der Waals surface area (Å²) in [6.45, 7) is 6.48. The van der Waals surface area contributed by atoms with E-state index >= 15 is 0 Å². The van der Waals surface area contributed by atoms with Crippen molar-refractivity contribution in [3.63, 3.8) is 0 Å². The fraction of sp³-hybridized carbons (Fsp3) is 0.571. The number of thiophene rings is 1. The van der Waals surface area contributed by atoms with E-state index in [0.717, 1.165) is 18.9 Å². The molecule has 0 unspecified atom stereocenters.